The van der Waals surface area contributed by atoms with Crippen molar-refractivity contribution in [3.63, 3.8) is 0 Å². The van der Waals surface area contributed by atoms with E-state index in [0.717, 1.165) is 22.4 Å². The van der Waals surface area contributed by atoms with Gasteiger partial charge in [-0.25, -0.2) is 4.79 Å². The van der Waals surface area contributed by atoms with Gasteiger partial charge in [-0.2, -0.15) is 0 Å². The van der Waals surface area contributed by atoms with Gasteiger partial charge in [0.25, 0.3) is 0 Å². The van der Waals surface area contributed by atoms with Crippen molar-refractivity contribution in [1.29, 1.82) is 0 Å². The van der Waals surface area contributed by atoms with E-state index in [1.807, 2.05) is 85.4 Å². The number of hydrogen-bond donors (Lipinski definition) is 1. The van der Waals surface area contributed by atoms with Crippen molar-refractivity contribution in [3.05, 3.63) is 76.9 Å². The highest BCUT2D eigenvalue weighted by atomic mass is 32.2. The lowest BCUT2D eigenvalue weighted by Crippen LogP contribution is -2.16. The molecule has 1 N–H and O–H groups in total. The second-order valence-corrected chi connectivity index (χ2v) is 9.84. The largest absolute Gasteiger partial charge is 0.483 e. The number of ether oxygens (including phenoxy) is 2. The third kappa shape index (κ3) is 5.77. The summed E-state index contributed by atoms with van der Waals surface area (Å²) in [5.41, 5.74) is 3.07. The zero-order chi connectivity index (χ0) is 25.7. The molecule has 0 saturated carbocycles. The molecule has 0 bridgehead atoms. The van der Waals surface area contributed by atoms with Crippen molar-refractivity contribution in [2.24, 2.45) is 7.05 Å². The fourth-order valence-electron chi connectivity index (χ4n) is 3.55. The predicted molar refractivity (Wildman–Crippen MR) is 142 cm³/mol. The average molecular weight is 523 g/mol. The molecule has 0 spiro atoms. The van der Waals surface area contributed by atoms with Gasteiger partial charge in [0.15, 0.2) is 17.1 Å². The van der Waals surface area contributed by atoms with Gasteiger partial charge in [0.05, 0.1) is 12.9 Å². The predicted octanol–water partition coefficient (Wildman–Crippen LogP) is 5.51. The number of thiophene rings is 1. The molecule has 2 aromatic carbocycles. The molecule has 8 nitrogen and oxygen atoms in total. The van der Waals surface area contributed by atoms with Crippen molar-refractivity contribution in [2.45, 2.75) is 25.1 Å². The van der Waals surface area contributed by atoms with E-state index in [1.165, 1.54) is 30.2 Å². The highest BCUT2D eigenvalue weighted by Crippen LogP contribution is 2.36. The van der Waals surface area contributed by atoms with Gasteiger partial charge in [-0.3, -0.25) is 4.79 Å². The van der Waals surface area contributed by atoms with Crippen LogP contribution in [0.4, 0.5) is 5.00 Å². The Morgan fingerprint density at radius 3 is 2.53 bits per heavy atom. The highest BCUT2D eigenvalue weighted by molar-refractivity contribution is 7.99. The van der Waals surface area contributed by atoms with Crippen LogP contribution in [0.5, 0.6) is 5.75 Å². The molecular formula is C26H26N4O4S2. The Hall–Kier alpha value is -3.63. The third-order valence-electron chi connectivity index (χ3n) is 5.42. The number of aryl methyl sites for hydroxylation is 1. The smallest absolute Gasteiger partial charge is 0.341 e. The summed E-state index contributed by atoms with van der Waals surface area (Å²) in [6.45, 7) is 3.90. The molecule has 0 fully saturated rings. The first-order valence-corrected chi connectivity index (χ1v) is 13.0. The van der Waals surface area contributed by atoms with Crippen LogP contribution < -0.4 is 10.1 Å². The quantitative estimate of drug-likeness (QED) is 0.229. The van der Waals surface area contributed by atoms with Crippen LogP contribution in [-0.2, 0) is 16.6 Å². The van der Waals surface area contributed by atoms with Crippen molar-refractivity contribution in [1.82, 2.24) is 14.8 Å². The fourth-order valence-corrected chi connectivity index (χ4v) is 5.25. The number of anilines is 1. The number of methoxy groups -OCH3 is 1. The van der Waals surface area contributed by atoms with Crippen molar-refractivity contribution in [3.8, 4) is 16.9 Å². The molecule has 186 valence electrons. The first-order chi connectivity index (χ1) is 17.4. The minimum absolute atomic E-state index is 0.0955. The Morgan fingerprint density at radius 1 is 1.11 bits per heavy atom. The first-order valence-electron chi connectivity index (χ1n) is 11.2. The number of hydrogen-bond acceptors (Lipinski definition) is 8. The number of nitrogens with zero attached hydrogens (tertiary/aromatic N) is 3. The number of thioether (sulfide) groups is 1. The zero-order valence-corrected chi connectivity index (χ0v) is 22.0. The summed E-state index contributed by atoms with van der Waals surface area (Å²) in [6.07, 6.45) is -0.318. The van der Waals surface area contributed by atoms with Crippen LogP contribution in [0.2, 0.25) is 0 Å². The van der Waals surface area contributed by atoms with Gasteiger partial charge in [0.2, 0.25) is 5.91 Å². The van der Waals surface area contributed by atoms with E-state index in [4.69, 9.17) is 9.47 Å². The lowest BCUT2D eigenvalue weighted by atomic mass is 10.0. The molecule has 0 saturated heterocycles. The van der Waals surface area contributed by atoms with Crippen molar-refractivity contribution < 1.29 is 19.1 Å². The van der Waals surface area contributed by atoms with Gasteiger partial charge in [-0.1, -0.05) is 59.8 Å². The van der Waals surface area contributed by atoms with Gasteiger partial charge in [-0.15, -0.1) is 21.5 Å². The van der Waals surface area contributed by atoms with E-state index >= 15 is 0 Å². The van der Waals surface area contributed by atoms with Crippen LogP contribution in [0.15, 0.2) is 65.1 Å². The molecule has 1 atom stereocenters. The number of rotatable bonds is 9. The Morgan fingerprint density at radius 2 is 1.83 bits per heavy atom. The Bertz CT molecular complexity index is 1350. The minimum atomic E-state index is -0.500. The molecule has 0 aliphatic carbocycles. The van der Waals surface area contributed by atoms with Crippen LogP contribution in [-0.4, -0.2) is 39.5 Å². The Labute approximate surface area is 217 Å². The van der Waals surface area contributed by atoms with Crippen LogP contribution in [0.25, 0.3) is 11.1 Å². The topological polar surface area (TPSA) is 95.3 Å². The maximum Gasteiger partial charge on any atom is 0.341 e. The summed E-state index contributed by atoms with van der Waals surface area (Å²) in [7, 11) is 3.16. The molecule has 1 amide bonds. The number of aromatic nitrogens is 3. The fraction of sp³-hybridized carbons (Fsp3) is 0.231. The number of para-hydroxylation sites is 1. The van der Waals surface area contributed by atoms with Crippen LogP contribution in [0, 0.1) is 6.92 Å². The molecule has 0 aliphatic heterocycles. The van der Waals surface area contributed by atoms with E-state index in [1.54, 1.807) is 0 Å². The lowest BCUT2D eigenvalue weighted by molar-refractivity contribution is -0.113. The SMILES string of the molecule is COC(=O)c1c(-c2ccc(C)cc2)csc1NC(=O)CSc1nnc(C(C)Oc2ccccc2)n1C. The molecule has 4 rings (SSSR count). The summed E-state index contributed by atoms with van der Waals surface area (Å²) in [5, 5.41) is 14.2. The van der Waals surface area contributed by atoms with Gasteiger partial charge in [-0.05, 0) is 31.5 Å². The first kappa shape index (κ1) is 25.5. The number of esters is 1. The second-order valence-electron chi connectivity index (χ2n) is 8.02. The van der Waals surface area contributed by atoms with Crippen LogP contribution in [0.1, 0.15) is 34.8 Å². The summed E-state index contributed by atoms with van der Waals surface area (Å²) in [6, 6.07) is 17.3. The normalized spacial score (nSPS) is 11.7. The molecule has 2 aromatic heterocycles. The molecule has 1 unspecified atom stereocenters. The minimum Gasteiger partial charge on any atom is -0.483 e. The second kappa shape index (κ2) is 11.4. The standard InChI is InChI=1S/C26H26N4O4S2/c1-16-10-12-18(13-11-16)20-14-35-24(22(20)25(32)33-4)27-21(31)15-36-26-29-28-23(30(26)3)17(2)34-19-8-6-5-7-9-19/h5-14,17H,15H2,1-4H3,(H,27,31). The number of benzene rings is 2. The molecule has 4 aromatic rings. The van der Waals surface area contributed by atoms with Crippen LogP contribution in [0.3, 0.4) is 0 Å². The third-order valence-corrected chi connectivity index (χ3v) is 7.33. The van der Waals surface area contributed by atoms with Gasteiger partial charge in [0, 0.05) is 18.0 Å². The summed E-state index contributed by atoms with van der Waals surface area (Å²) >= 11 is 2.54. The maximum absolute atomic E-state index is 12.8. The van der Waals surface area contributed by atoms with Crippen molar-refractivity contribution in [2.75, 3.05) is 18.2 Å². The van der Waals surface area contributed by atoms with Crippen LogP contribution >= 0.6 is 23.1 Å². The Kier molecular flexibility index (Phi) is 8.07. The highest BCUT2D eigenvalue weighted by Gasteiger charge is 2.23. The van der Waals surface area contributed by atoms with E-state index in [9.17, 15) is 9.59 Å². The molecule has 0 aliphatic rings. The van der Waals surface area contributed by atoms with E-state index in [-0.39, 0.29) is 17.8 Å². The Balaban J connectivity index is 1.43. The number of nitrogens with one attached hydrogen (secondary N) is 1. The average Bonchev–Trinajstić information content (AvgIpc) is 3.46. The van der Waals surface area contributed by atoms with E-state index in [2.05, 4.69) is 15.5 Å². The molecule has 10 heteroatoms. The van der Waals surface area contributed by atoms with Crippen molar-refractivity contribution >= 4 is 40.0 Å². The number of carbonyl (C=O) groups is 2. The lowest BCUT2D eigenvalue weighted by Gasteiger charge is -2.14. The molecular weight excluding hydrogens is 496 g/mol. The van der Waals surface area contributed by atoms with Gasteiger partial charge in [0.1, 0.15) is 16.3 Å². The molecule has 36 heavy (non-hydrogen) atoms. The molecule has 0 radical (unpaired) electrons. The zero-order valence-electron chi connectivity index (χ0n) is 20.3. The number of carbonyl (C=O) groups excluding carboxylic acids is 2. The maximum atomic E-state index is 12.8. The number of amides is 1. The van der Waals surface area contributed by atoms with Gasteiger partial charge >= 0.3 is 5.97 Å². The molecule has 2 heterocycles. The monoisotopic (exact) mass is 522 g/mol. The summed E-state index contributed by atoms with van der Waals surface area (Å²) in [5.74, 6) is 0.721. The summed E-state index contributed by atoms with van der Waals surface area (Å²) < 4.78 is 12.7. The summed E-state index contributed by atoms with van der Waals surface area (Å²) in [4.78, 5) is 25.3. The van der Waals surface area contributed by atoms with E-state index < -0.39 is 5.97 Å². The van der Waals surface area contributed by atoms with E-state index in [0.29, 0.717) is 21.5 Å². The van der Waals surface area contributed by atoms with Gasteiger partial charge < -0.3 is 19.4 Å².